The molecule has 4 rings (SSSR count). The number of benzene rings is 2. The number of amides is 1. The first-order valence-corrected chi connectivity index (χ1v) is 9.86. The second-order valence-electron chi connectivity index (χ2n) is 7.15. The largest absolute Gasteiger partial charge is 0.493 e. The summed E-state index contributed by atoms with van der Waals surface area (Å²) in [5.41, 5.74) is 3.22. The molecule has 7 nitrogen and oxygen atoms in total. The highest BCUT2D eigenvalue weighted by Gasteiger charge is 2.15. The summed E-state index contributed by atoms with van der Waals surface area (Å²) in [4.78, 5) is 19.8. The number of ether oxygens (including phenoxy) is 3. The molecule has 0 radical (unpaired) electrons. The molecular weight excluding hydrogens is 382 g/mol. The fraction of sp³-hybridized carbons (Fsp3) is 0.304. The summed E-state index contributed by atoms with van der Waals surface area (Å²) in [6.45, 7) is 5.20. The summed E-state index contributed by atoms with van der Waals surface area (Å²) in [5, 5.41) is 3.97. The third kappa shape index (κ3) is 4.02. The van der Waals surface area contributed by atoms with E-state index < -0.39 is 0 Å². The van der Waals surface area contributed by atoms with Crippen molar-refractivity contribution in [3.63, 3.8) is 0 Å². The maximum Gasteiger partial charge on any atom is 0.255 e. The van der Waals surface area contributed by atoms with E-state index in [0.29, 0.717) is 22.7 Å². The lowest BCUT2D eigenvalue weighted by Gasteiger charge is -2.28. The molecule has 1 amide bonds. The van der Waals surface area contributed by atoms with Crippen LogP contribution < -0.4 is 19.7 Å². The summed E-state index contributed by atoms with van der Waals surface area (Å²) >= 11 is 0. The first-order chi connectivity index (χ1) is 14.6. The molecule has 1 N–H and O–H groups in total. The first kappa shape index (κ1) is 20.0. The van der Waals surface area contributed by atoms with Crippen molar-refractivity contribution in [2.24, 2.45) is 0 Å². The molecule has 1 aliphatic heterocycles. The fourth-order valence-electron chi connectivity index (χ4n) is 3.59. The van der Waals surface area contributed by atoms with Crippen LogP contribution in [-0.2, 0) is 4.74 Å². The molecule has 1 aliphatic rings. The van der Waals surface area contributed by atoms with Crippen LogP contribution in [0.4, 0.5) is 11.5 Å². The lowest BCUT2D eigenvalue weighted by molar-refractivity contribution is 0.102. The van der Waals surface area contributed by atoms with Gasteiger partial charge in [0, 0.05) is 29.7 Å². The van der Waals surface area contributed by atoms with E-state index in [1.807, 2.05) is 18.2 Å². The fourth-order valence-corrected chi connectivity index (χ4v) is 3.59. The number of carbonyl (C=O) groups is 1. The standard InChI is InChI=1S/C23H25N3O4/c1-15-12-22(26-8-10-30-11-9-26)25-19-6-5-17(14-18(15)19)24-23(27)16-4-7-20(28-2)21(13-16)29-3/h4-7,12-14H,8-11H2,1-3H3,(H,24,27). The lowest BCUT2D eigenvalue weighted by Crippen LogP contribution is -2.36. The molecule has 1 fully saturated rings. The van der Waals surface area contributed by atoms with E-state index in [1.54, 1.807) is 32.4 Å². The molecule has 30 heavy (non-hydrogen) atoms. The molecule has 7 heteroatoms. The molecule has 0 spiro atoms. The van der Waals surface area contributed by atoms with Gasteiger partial charge >= 0.3 is 0 Å². The normalized spacial score (nSPS) is 13.9. The van der Waals surface area contributed by atoms with Crippen LogP contribution in [0, 0.1) is 6.92 Å². The number of nitrogens with one attached hydrogen (secondary N) is 1. The number of hydrogen-bond donors (Lipinski definition) is 1. The molecule has 3 aromatic rings. The van der Waals surface area contributed by atoms with Gasteiger partial charge in [-0.15, -0.1) is 0 Å². The van der Waals surface area contributed by atoms with Crippen molar-refractivity contribution >= 4 is 28.3 Å². The van der Waals surface area contributed by atoms with E-state index in [1.165, 1.54) is 0 Å². The van der Waals surface area contributed by atoms with Gasteiger partial charge in [0.2, 0.25) is 0 Å². The zero-order chi connectivity index (χ0) is 21.1. The maximum absolute atomic E-state index is 12.7. The predicted octanol–water partition coefficient (Wildman–Crippen LogP) is 3.65. The SMILES string of the molecule is COc1ccc(C(=O)Nc2ccc3nc(N4CCOCC4)cc(C)c3c2)cc1OC. The number of fused-ring (bicyclic) bond motifs is 1. The summed E-state index contributed by atoms with van der Waals surface area (Å²) in [5.74, 6) is 1.84. The number of pyridine rings is 1. The topological polar surface area (TPSA) is 72.9 Å². The number of carbonyl (C=O) groups excluding carboxylic acids is 1. The molecule has 1 saturated heterocycles. The van der Waals surface area contributed by atoms with Gasteiger partial charge in [0.25, 0.3) is 5.91 Å². The van der Waals surface area contributed by atoms with Crippen LogP contribution in [-0.4, -0.2) is 51.4 Å². The number of aromatic nitrogens is 1. The van der Waals surface area contributed by atoms with Gasteiger partial charge in [0.05, 0.1) is 33.0 Å². The highest BCUT2D eigenvalue weighted by Crippen LogP contribution is 2.29. The smallest absolute Gasteiger partial charge is 0.255 e. The average Bonchev–Trinajstić information content (AvgIpc) is 2.79. The summed E-state index contributed by atoms with van der Waals surface area (Å²) in [6, 6.07) is 12.9. The van der Waals surface area contributed by atoms with Crippen molar-refractivity contribution < 1.29 is 19.0 Å². The minimum atomic E-state index is -0.217. The molecule has 156 valence electrons. The van der Waals surface area contributed by atoms with E-state index in [0.717, 1.165) is 48.6 Å². The van der Waals surface area contributed by atoms with Crippen LogP contribution in [0.25, 0.3) is 10.9 Å². The number of morpholine rings is 1. The van der Waals surface area contributed by atoms with Crippen LogP contribution >= 0.6 is 0 Å². The van der Waals surface area contributed by atoms with Crippen molar-refractivity contribution in [2.45, 2.75) is 6.92 Å². The molecule has 2 aromatic carbocycles. The Labute approximate surface area is 175 Å². The maximum atomic E-state index is 12.7. The second kappa shape index (κ2) is 8.59. The Morgan fingerprint density at radius 1 is 1.03 bits per heavy atom. The lowest BCUT2D eigenvalue weighted by atomic mass is 10.1. The highest BCUT2D eigenvalue weighted by molar-refractivity contribution is 6.05. The minimum absolute atomic E-state index is 0.217. The molecule has 0 atom stereocenters. The van der Waals surface area contributed by atoms with E-state index in [4.69, 9.17) is 19.2 Å². The number of aryl methyl sites for hydroxylation is 1. The Morgan fingerprint density at radius 3 is 2.53 bits per heavy atom. The number of methoxy groups -OCH3 is 2. The summed E-state index contributed by atoms with van der Waals surface area (Å²) in [6.07, 6.45) is 0. The Bertz CT molecular complexity index is 1080. The Kier molecular flexibility index (Phi) is 5.72. The third-order valence-electron chi connectivity index (χ3n) is 5.24. The zero-order valence-electron chi connectivity index (χ0n) is 17.4. The molecule has 0 bridgehead atoms. The monoisotopic (exact) mass is 407 g/mol. The zero-order valence-corrected chi connectivity index (χ0v) is 17.4. The second-order valence-corrected chi connectivity index (χ2v) is 7.15. The molecule has 2 heterocycles. The van der Waals surface area contributed by atoms with Crippen LogP contribution in [0.3, 0.4) is 0 Å². The Hall–Kier alpha value is -3.32. The van der Waals surface area contributed by atoms with Crippen molar-refractivity contribution in [3.05, 3.63) is 53.6 Å². The molecule has 1 aromatic heterocycles. The van der Waals surface area contributed by atoms with Gasteiger partial charge in [0.1, 0.15) is 5.82 Å². The van der Waals surface area contributed by atoms with Crippen LogP contribution in [0.15, 0.2) is 42.5 Å². The summed E-state index contributed by atoms with van der Waals surface area (Å²) in [7, 11) is 3.11. The van der Waals surface area contributed by atoms with Crippen LogP contribution in [0.2, 0.25) is 0 Å². The quantitative estimate of drug-likeness (QED) is 0.696. The van der Waals surface area contributed by atoms with Gasteiger partial charge in [-0.25, -0.2) is 4.98 Å². The number of nitrogens with zero attached hydrogens (tertiary/aromatic N) is 2. The molecular formula is C23H25N3O4. The average molecular weight is 407 g/mol. The van der Waals surface area contributed by atoms with E-state index >= 15 is 0 Å². The predicted molar refractivity (Wildman–Crippen MR) is 117 cm³/mol. The highest BCUT2D eigenvalue weighted by atomic mass is 16.5. The summed E-state index contributed by atoms with van der Waals surface area (Å²) < 4.78 is 15.9. The van der Waals surface area contributed by atoms with Crippen molar-refractivity contribution in [1.82, 2.24) is 4.98 Å². The Morgan fingerprint density at radius 2 is 1.80 bits per heavy atom. The van der Waals surface area contributed by atoms with Gasteiger partial charge < -0.3 is 24.4 Å². The van der Waals surface area contributed by atoms with Gasteiger partial charge in [-0.3, -0.25) is 4.79 Å². The Balaban J connectivity index is 1.57. The molecule has 0 saturated carbocycles. The van der Waals surface area contributed by atoms with Crippen LogP contribution in [0.1, 0.15) is 15.9 Å². The first-order valence-electron chi connectivity index (χ1n) is 9.86. The van der Waals surface area contributed by atoms with E-state index in [-0.39, 0.29) is 5.91 Å². The van der Waals surface area contributed by atoms with Gasteiger partial charge in [0.15, 0.2) is 11.5 Å². The van der Waals surface area contributed by atoms with E-state index in [2.05, 4.69) is 23.2 Å². The van der Waals surface area contributed by atoms with Gasteiger partial charge in [-0.2, -0.15) is 0 Å². The number of rotatable bonds is 5. The van der Waals surface area contributed by atoms with Gasteiger partial charge in [-0.05, 0) is 55.0 Å². The van der Waals surface area contributed by atoms with Crippen molar-refractivity contribution in [3.8, 4) is 11.5 Å². The minimum Gasteiger partial charge on any atom is -0.493 e. The van der Waals surface area contributed by atoms with Gasteiger partial charge in [-0.1, -0.05) is 0 Å². The molecule has 0 unspecified atom stereocenters. The van der Waals surface area contributed by atoms with Crippen LogP contribution in [0.5, 0.6) is 11.5 Å². The number of hydrogen-bond acceptors (Lipinski definition) is 6. The molecule has 0 aliphatic carbocycles. The number of anilines is 2. The van der Waals surface area contributed by atoms with E-state index in [9.17, 15) is 4.79 Å². The van der Waals surface area contributed by atoms with Crippen molar-refractivity contribution in [2.75, 3.05) is 50.7 Å². The van der Waals surface area contributed by atoms with Crippen molar-refractivity contribution in [1.29, 1.82) is 0 Å². The third-order valence-corrected chi connectivity index (χ3v) is 5.24.